The van der Waals surface area contributed by atoms with Gasteiger partial charge in [-0.25, -0.2) is 4.68 Å². The summed E-state index contributed by atoms with van der Waals surface area (Å²) in [7, 11) is 0. The van der Waals surface area contributed by atoms with Gasteiger partial charge in [0.25, 0.3) is 5.56 Å². The van der Waals surface area contributed by atoms with Gasteiger partial charge in [0.15, 0.2) is 0 Å². The summed E-state index contributed by atoms with van der Waals surface area (Å²) in [5.74, 6) is 0. The first kappa shape index (κ1) is 14.4. The van der Waals surface area contributed by atoms with Crippen LogP contribution in [0.5, 0.6) is 0 Å². The van der Waals surface area contributed by atoms with Crippen molar-refractivity contribution in [2.45, 2.75) is 47.1 Å². The lowest BCUT2D eigenvalue weighted by Gasteiger charge is -2.15. The molecule has 2 aromatic rings. The van der Waals surface area contributed by atoms with E-state index < -0.39 is 0 Å². The maximum atomic E-state index is 12.5. The first-order valence-electron chi connectivity index (χ1n) is 7.19. The molecule has 1 aromatic heterocycles. The van der Waals surface area contributed by atoms with Gasteiger partial charge in [-0.3, -0.25) is 9.48 Å². The molecule has 1 aromatic carbocycles. The fraction of sp³-hybridized carbons (Fsp3) is 0.438. The highest BCUT2D eigenvalue weighted by Crippen LogP contribution is 2.19. The van der Waals surface area contributed by atoms with E-state index in [1.54, 1.807) is 4.68 Å². The fourth-order valence-electron chi connectivity index (χ4n) is 2.61. The van der Waals surface area contributed by atoms with Gasteiger partial charge in [-0.1, -0.05) is 26.0 Å². The van der Waals surface area contributed by atoms with E-state index in [1.807, 2.05) is 37.6 Å². The van der Waals surface area contributed by atoms with Gasteiger partial charge in [0.2, 0.25) is 0 Å². The minimum Gasteiger partial charge on any atom is -0.393 e. The van der Waals surface area contributed by atoms with Crippen LogP contribution in [0.4, 0.5) is 5.69 Å². The van der Waals surface area contributed by atoms with E-state index in [1.165, 1.54) is 0 Å². The van der Waals surface area contributed by atoms with Crippen molar-refractivity contribution in [2.75, 3.05) is 5.73 Å². The largest absolute Gasteiger partial charge is 0.393 e. The summed E-state index contributed by atoms with van der Waals surface area (Å²) in [5.41, 5.74) is 10.4. The molecule has 0 fully saturated rings. The van der Waals surface area contributed by atoms with E-state index in [4.69, 9.17) is 5.73 Å². The molecule has 0 saturated heterocycles. The molecule has 0 aliphatic rings. The van der Waals surface area contributed by atoms with Crippen molar-refractivity contribution in [3.63, 3.8) is 0 Å². The van der Waals surface area contributed by atoms with Gasteiger partial charge in [0.05, 0.1) is 11.4 Å². The number of nitrogens with two attached hydrogens (primary N) is 1. The van der Waals surface area contributed by atoms with Gasteiger partial charge in [-0.05, 0) is 43.9 Å². The molecule has 0 bridgehead atoms. The molecule has 0 radical (unpaired) electrons. The number of aryl methyl sites for hydroxylation is 2. The lowest BCUT2D eigenvalue weighted by atomic mass is 10.1. The average molecular weight is 273 g/mol. The molecule has 108 valence electrons. The summed E-state index contributed by atoms with van der Waals surface area (Å²) < 4.78 is 3.76. The molecule has 0 atom stereocenters. The second-order valence-corrected chi connectivity index (χ2v) is 5.24. The van der Waals surface area contributed by atoms with Crippen LogP contribution >= 0.6 is 0 Å². The van der Waals surface area contributed by atoms with Crippen molar-refractivity contribution in [1.29, 1.82) is 0 Å². The third-order valence-electron chi connectivity index (χ3n) is 3.65. The van der Waals surface area contributed by atoms with E-state index in [0.717, 1.165) is 41.9 Å². The zero-order chi connectivity index (χ0) is 14.9. The smallest absolute Gasteiger partial charge is 0.294 e. The molecule has 0 aliphatic heterocycles. The highest BCUT2D eigenvalue weighted by atomic mass is 16.1. The topological polar surface area (TPSA) is 52.9 Å². The summed E-state index contributed by atoms with van der Waals surface area (Å²) in [6.45, 7) is 8.98. The number of nitrogens with zero attached hydrogens (tertiary/aromatic N) is 2. The van der Waals surface area contributed by atoms with Gasteiger partial charge in [-0.2, -0.15) is 0 Å². The van der Waals surface area contributed by atoms with E-state index in [0.29, 0.717) is 5.69 Å². The molecular formula is C16H23N3O. The van der Waals surface area contributed by atoms with Crippen LogP contribution in [0.2, 0.25) is 0 Å². The molecule has 2 N–H and O–H groups in total. The van der Waals surface area contributed by atoms with Gasteiger partial charge >= 0.3 is 0 Å². The molecule has 20 heavy (non-hydrogen) atoms. The number of rotatable bonds is 4. The van der Waals surface area contributed by atoms with Gasteiger partial charge in [0.1, 0.15) is 5.69 Å². The maximum Gasteiger partial charge on any atom is 0.294 e. The van der Waals surface area contributed by atoms with Crippen LogP contribution < -0.4 is 11.3 Å². The summed E-state index contributed by atoms with van der Waals surface area (Å²) in [6.07, 6.45) is 1.73. The SMILES string of the molecule is CCCn1c(CC)c(N)c(=O)n1-c1cc(C)ccc1C. The van der Waals surface area contributed by atoms with Crippen LogP contribution in [0.15, 0.2) is 23.0 Å². The minimum atomic E-state index is -0.107. The number of anilines is 1. The predicted octanol–water partition coefficient (Wildman–Crippen LogP) is 2.81. The lowest BCUT2D eigenvalue weighted by Crippen LogP contribution is -2.23. The third-order valence-corrected chi connectivity index (χ3v) is 3.65. The highest BCUT2D eigenvalue weighted by molar-refractivity contribution is 5.49. The van der Waals surface area contributed by atoms with Gasteiger partial charge < -0.3 is 5.73 Å². The van der Waals surface area contributed by atoms with Crippen molar-refractivity contribution in [1.82, 2.24) is 9.36 Å². The molecule has 4 heteroatoms. The Hall–Kier alpha value is -1.97. The summed E-state index contributed by atoms with van der Waals surface area (Å²) in [6, 6.07) is 6.14. The number of benzene rings is 1. The van der Waals surface area contributed by atoms with Crippen LogP contribution in [-0.2, 0) is 13.0 Å². The molecule has 0 spiro atoms. The number of aromatic nitrogens is 2. The van der Waals surface area contributed by atoms with Crippen LogP contribution in [0.3, 0.4) is 0 Å². The van der Waals surface area contributed by atoms with Crippen LogP contribution in [0.1, 0.15) is 37.1 Å². The highest BCUT2D eigenvalue weighted by Gasteiger charge is 2.18. The Morgan fingerprint density at radius 2 is 1.90 bits per heavy atom. The van der Waals surface area contributed by atoms with E-state index in [-0.39, 0.29) is 5.56 Å². The molecule has 0 saturated carbocycles. The Kier molecular flexibility index (Phi) is 4.02. The molecule has 4 nitrogen and oxygen atoms in total. The van der Waals surface area contributed by atoms with E-state index in [9.17, 15) is 4.79 Å². The van der Waals surface area contributed by atoms with Crippen molar-refractivity contribution in [2.24, 2.45) is 0 Å². The predicted molar refractivity (Wildman–Crippen MR) is 83.6 cm³/mol. The zero-order valence-corrected chi connectivity index (χ0v) is 12.7. The first-order chi connectivity index (χ1) is 9.51. The van der Waals surface area contributed by atoms with Crippen molar-refractivity contribution in [3.05, 3.63) is 45.4 Å². The molecule has 1 heterocycles. The summed E-state index contributed by atoms with van der Waals surface area (Å²) in [5, 5.41) is 0. The zero-order valence-electron chi connectivity index (χ0n) is 12.7. The Labute approximate surface area is 119 Å². The quantitative estimate of drug-likeness (QED) is 0.931. The fourth-order valence-corrected chi connectivity index (χ4v) is 2.61. The Bertz CT molecular complexity index is 680. The lowest BCUT2D eigenvalue weighted by molar-refractivity contribution is 0.515. The number of hydrogen-bond donors (Lipinski definition) is 1. The van der Waals surface area contributed by atoms with E-state index in [2.05, 4.69) is 13.0 Å². The van der Waals surface area contributed by atoms with Crippen molar-refractivity contribution < 1.29 is 0 Å². The molecule has 0 unspecified atom stereocenters. The summed E-state index contributed by atoms with van der Waals surface area (Å²) in [4.78, 5) is 12.5. The van der Waals surface area contributed by atoms with Crippen LogP contribution in [-0.4, -0.2) is 9.36 Å². The van der Waals surface area contributed by atoms with Gasteiger partial charge in [0, 0.05) is 6.54 Å². The van der Waals surface area contributed by atoms with Crippen LogP contribution in [0.25, 0.3) is 5.69 Å². The Balaban J connectivity index is 2.79. The Morgan fingerprint density at radius 1 is 1.20 bits per heavy atom. The normalized spacial score (nSPS) is 11.0. The Morgan fingerprint density at radius 3 is 2.50 bits per heavy atom. The van der Waals surface area contributed by atoms with Gasteiger partial charge in [-0.15, -0.1) is 0 Å². The molecule has 0 amide bonds. The minimum absolute atomic E-state index is 0.107. The second-order valence-electron chi connectivity index (χ2n) is 5.24. The molecule has 0 aliphatic carbocycles. The maximum absolute atomic E-state index is 12.5. The standard InChI is InChI=1S/C16H23N3O/c1-5-9-18-13(6-2)15(17)16(20)19(18)14-10-11(3)7-8-12(14)4/h7-8,10H,5-6,9,17H2,1-4H3. The third kappa shape index (κ3) is 2.26. The first-order valence-corrected chi connectivity index (χ1v) is 7.19. The van der Waals surface area contributed by atoms with Crippen LogP contribution in [0, 0.1) is 13.8 Å². The second kappa shape index (κ2) is 5.57. The monoisotopic (exact) mass is 273 g/mol. The summed E-state index contributed by atoms with van der Waals surface area (Å²) >= 11 is 0. The number of hydrogen-bond acceptors (Lipinski definition) is 2. The van der Waals surface area contributed by atoms with Crippen molar-refractivity contribution in [3.8, 4) is 5.69 Å². The molecular weight excluding hydrogens is 250 g/mol. The van der Waals surface area contributed by atoms with Crippen molar-refractivity contribution >= 4 is 5.69 Å². The van der Waals surface area contributed by atoms with E-state index >= 15 is 0 Å². The number of nitrogen functional groups attached to an aromatic ring is 1. The average Bonchev–Trinajstić information content (AvgIpc) is 2.65. The molecule has 2 rings (SSSR count).